The number of hydrogen-bond acceptors (Lipinski definition) is 3. The molecule has 1 aliphatic carbocycles. The maximum atomic E-state index is 5.81. The van der Waals surface area contributed by atoms with Crippen LogP contribution < -0.4 is 0 Å². The van der Waals surface area contributed by atoms with Gasteiger partial charge in [-0.2, -0.15) is 0 Å². The van der Waals surface area contributed by atoms with Crippen molar-refractivity contribution in [3.8, 4) is 11.1 Å². The van der Waals surface area contributed by atoms with Gasteiger partial charge in [-0.15, -0.1) is 0 Å². The average Bonchev–Trinajstić information content (AvgIpc) is 3.92. The number of hydrogen-bond donors (Lipinski definition) is 0. The van der Waals surface area contributed by atoms with E-state index in [1.165, 1.54) is 54.4 Å². The van der Waals surface area contributed by atoms with E-state index < -0.39 is 0 Å². The Hall–Kier alpha value is -6.45. The Bertz CT molecular complexity index is 2970. The second kappa shape index (κ2) is 11.8. The quantitative estimate of drug-likeness (QED) is 0.171. The standard InChI is InChI=1S/C50H35N3/c1-2-9-32(10-3-1)33-23-25-39(26-24-33)50-30-40(50)27-28-45(37-21-19-36-18-17-34-11-4-6-13-41(34)44(36)29-37)52-49(53-50)43-15-8-16-46-48(43)47-38(31-51-46)22-20-35-12-5-7-14-42(35)47/h1-26,29,31,40H,27-28,30H2. The first-order valence-corrected chi connectivity index (χ1v) is 18.7. The highest BCUT2D eigenvalue weighted by Crippen LogP contribution is 2.59. The monoisotopic (exact) mass is 677 g/mol. The number of nitrogens with zero attached hydrogens (tertiary/aromatic N) is 3. The van der Waals surface area contributed by atoms with Gasteiger partial charge in [0.05, 0.1) is 16.8 Å². The minimum absolute atomic E-state index is 0.318. The van der Waals surface area contributed by atoms with Gasteiger partial charge in [-0.05, 0) is 91.9 Å². The zero-order valence-electron chi connectivity index (χ0n) is 29.2. The third kappa shape index (κ3) is 4.92. The summed E-state index contributed by atoms with van der Waals surface area (Å²) < 4.78 is 0. The summed E-state index contributed by atoms with van der Waals surface area (Å²) in [7, 11) is 0. The van der Waals surface area contributed by atoms with E-state index in [-0.39, 0.29) is 5.54 Å². The minimum atomic E-state index is -0.318. The van der Waals surface area contributed by atoms with Gasteiger partial charge in [-0.25, -0.2) is 4.99 Å². The number of rotatable bonds is 4. The molecule has 11 rings (SSSR count). The molecule has 1 aromatic heterocycles. The van der Waals surface area contributed by atoms with Crippen LogP contribution in [0.15, 0.2) is 180 Å². The van der Waals surface area contributed by atoms with Gasteiger partial charge in [0.25, 0.3) is 0 Å². The summed E-state index contributed by atoms with van der Waals surface area (Å²) in [4.78, 5) is 16.5. The SMILES string of the molecule is c1ccc(-c2ccc(C34CC3CCC(c3ccc5ccc6ccccc6c5c3)=NC(c3cccc5ncc6ccc7ccccc7c6c35)=N4)cc2)cc1. The zero-order valence-corrected chi connectivity index (χ0v) is 29.2. The molecule has 1 aliphatic heterocycles. The lowest BCUT2D eigenvalue weighted by molar-refractivity contribution is 0.601. The highest BCUT2D eigenvalue weighted by Gasteiger charge is 2.56. The van der Waals surface area contributed by atoms with Gasteiger partial charge in [-0.3, -0.25) is 9.98 Å². The highest BCUT2D eigenvalue weighted by atomic mass is 15.0. The van der Waals surface area contributed by atoms with Crippen LogP contribution in [-0.2, 0) is 5.54 Å². The van der Waals surface area contributed by atoms with Crippen molar-refractivity contribution in [2.45, 2.75) is 24.8 Å². The molecule has 3 heteroatoms. The molecule has 2 atom stereocenters. The Kier molecular flexibility index (Phi) is 6.72. The molecule has 0 amide bonds. The van der Waals surface area contributed by atoms with Crippen molar-refractivity contribution in [2.75, 3.05) is 0 Å². The lowest BCUT2D eigenvalue weighted by Crippen LogP contribution is -2.17. The lowest BCUT2D eigenvalue weighted by atomic mass is 9.93. The van der Waals surface area contributed by atoms with Crippen LogP contribution in [0.25, 0.3) is 65.1 Å². The molecule has 1 saturated carbocycles. The van der Waals surface area contributed by atoms with Crippen molar-refractivity contribution < 1.29 is 0 Å². The van der Waals surface area contributed by atoms with Crippen molar-refractivity contribution in [2.24, 2.45) is 15.9 Å². The Morgan fingerprint density at radius 1 is 0.509 bits per heavy atom. The van der Waals surface area contributed by atoms with Crippen LogP contribution in [0.5, 0.6) is 0 Å². The van der Waals surface area contributed by atoms with E-state index in [4.69, 9.17) is 15.0 Å². The third-order valence-corrected chi connectivity index (χ3v) is 11.8. The first-order valence-electron chi connectivity index (χ1n) is 18.7. The normalized spacial score (nSPS) is 18.5. The molecule has 2 heterocycles. The Labute approximate surface area is 308 Å². The summed E-state index contributed by atoms with van der Waals surface area (Å²) in [5.74, 6) is 1.22. The molecule has 250 valence electrons. The summed E-state index contributed by atoms with van der Waals surface area (Å²) in [6.45, 7) is 0. The predicted molar refractivity (Wildman–Crippen MR) is 222 cm³/mol. The first kappa shape index (κ1) is 30.2. The van der Waals surface area contributed by atoms with E-state index in [0.717, 1.165) is 58.2 Å². The van der Waals surface area contributed by atoms with Crippen LogP contribution in [-0.4, -0.2) is 16.5 Å². The van der Waals surface area contributed by atoms with Gasteiger partial charge in [0.2, 0.25) is 0 Å². The van der Waals surface area contributed by atoms with Gasteiger partial charge in [0.15, 0.2) is 5.84 Å². The maximum absolute atomic E-state index is 5.81. The van der Waals surface area contributed by atoms with Crippen molar-refractivity contribution >= 4 is 65.5 Å². The average molecular weight is 678 g/mol. The fourth-order valence-corrected chi connectivity index (χ4v) is 8.92. The van der Waals surface area contributed by atoms with E-state index in [2.05, 4.69) is 164 Å². The summed E-state index contributed by atoms with van der Waals surface area (Å²) >= 11 is 0. The largest absolute Gasteiger partial charge is 0.256 e. The second-order valence-electron chi connectivity index (χ2n) is 14.7. The topological polar surface area (TPSA) is 37.6 Å². The molecular formula is C50H35N3. The van der Waals surface area contributed by atoms with Crippen LogP contribution in [0.3, 0.4) is 0 Å². The van der Waals surface area contributed by atoms with Crippen molar-refractivity contribution in [1.29, 1.82) is 0 Å². The number of fused-ring (bicyclic) bond motifs is 9. The van der Waals surface area contributed by atoms with Crippen molar-refractivity contribution in [3.63, 3.8) is 0 Å². The van der Waals surface area contributed by atoms with Crippen molar-refractivity contribution in [1.82, 2.24) is 4.98 Å². The molecule has 2 unspecified atom stereocenters. The Balaban J connectivity index is 1.15. The van der Waals surface area contributed by atoms with Crippen LogP contribution in [0.2, 0.25) is 0 Å². The third-order valence-electron chi connectivity index (χ3n) is 11.8. The molecule has 2 aliphatic rings. The van der Waals surface area contributed by atoms with E-state index in [1.807, 2.05) is 6.20 Å². The Morgan fingerprint density at radius 2 is 1.17 bits per heavy atom. The summed E-state index contributed by atoms with van der Waals surface area (Å²) in [6.07, 6.45) is 4.94. The van der Waals surface area contributed by atoms with Gasteiger partial charge in [0, 0.05) is 27.9 Å². The Morgan fingerprint density at radius 3 is 2.00 bits per heavy atom. The molecule has 1 fully saturated rings. The molecule has 53 heavy (non-hydrogen) atoms. The molecular weight excluding hydrogens is 643 g/mol. The number of aliphatic imine (C=N–C) groups is 2. The number of pyridine rings is 1. The molecule has 8 aromatic carbocycles. The highest BCUT2D eigenvalue weighted by molar-refractivity contribution is 6.27. The molecule has 0 saturated heterocycles. The smallest absolute Gasteiger partial charge is 0.156 e. The van der Waals surface area contributed by atoms with Gasteiger partial charge < -0.3 is 0 Å². The zero-order chi connectivity index (χ0) is 34.9. The maximum Gasteiger partial charge on any atom is 0.156 e. The molecule has 0 N–H and O–H groups in total. The predicted octanol–water partition coefficient (Wildman–Crippen LogP) is 12.5. The fraction of sp³-hybridized carbons (Fsp3) is 0.100. The molecule has 0 spiro atoms. The lowest BCUT2D eigenvalue weighted by Gasteiger charge is -2.21. The van der Waals surface area contributed by atoms with Gasteiger partial charge in [0.1, 0.15) is 0 Å². The first-order chi connectivity index (χ1) is 26.2. The molecule has 0 radical (unpaired) electrons. The van der Waals surface area contributed by atoms with Crippen LogP contribution in [0.1, 0.15) is 36.0 Å². The van der Waals surface area contributed by atoms with E-state index in [1.54, 1.807) is 0 Å². The van der Waals surface area contributed by atoms with E-state index >= 15 is 0 Å². The van der Waals surface area contributed by atoms with Crippen LogP contribution >= 0.6 is 0 Å². The number of aromatic nitrogens is 1. The van der Waals surface area contributed by atoms with Gasteiger partial charge in [-0.1, -0.05) is 152 Å². The van der Waals surface area contributed by atoms with Gasteiger partial charge >= 0.3 is 0 Å². The molecule has 0 bridgehead atoms. The van der Waals surface area contributed by atoms with Crippen molar-refractivity contribution in [3.05, 3.63) is 187 Å². The number of benzene rings is 8. The van der Waals surface area contributed by atoms with E-state index in [9.17, 15) is 0 Å². The summed E-state index contributed by atoms with van der Waals surface area (Å²) in [6, 6.07) is 59.3. The fourth-order valence-electron chi connectivity index (χ4n) is 8.92. The van der Waals surface area contributed by atoms with Crippen LogP contribution in [0, 0.1) is 5.92 Å². The second-order valence-corrected chi connectivity index (χ2v) is 14.7. The molecule has 9 aromatic rings. The summed E-state index contributed by atoms with van der Waals surface area (Å²) in [5.41, 5.74) is 7.65. The van der Waals surface area contributed by atoms with E-state index in [0.29, 0.717) is 5.92 Å². The van der Waals surface area contributed by atoms with Crippen LogP contribution in [0.4, 0.5) is 0 Å². The summed E-state index contributed by atoms with van der Waals surface area (Å²) in [5, 5.41) is 10.9. The number of amidine groups is 1. The molecule has 3 nitrogen and oxygen atoms in total. The minimum Gasteiger partial charge on any atom is -0.256 e.